The molecule has 232 valence electrons. The van der Waals surface area contributed by atoms with Gasteiger partial charge in [-0.3, -0.25) is 4.90 Å². The molecule has 0 saturated carbocycles. The van der Waals surface area contributed by atoms with Gasteiger partial charge in [0.15, 0.2) is 5.82 Å². The molecule has 3 aromatic rings. The summed E-state index contributed by atoms with van der Waals surface area (Å²) >= 11 is 0. The molecule has 1 unspecified atom stereocenters. The number of aryl methyl sites for hydroxylation is 2. The maximum atomic E-state index is 16.5. The van der Waals surface area contributed by atoms with Crippen LogP contribution in [0.4, 0.5) is 29.2 Å². The molecule has 4 aliphatic heterocycles. The molecule has 3 saturated heterocycles. The maximum Gasteiger partial charge on any atom is 0.418 e. The summed E-state index contributed by atoms with van der Waals surface area (Å²) in [7, 11) is 0. The van der Waals surface area contributed by atoms with Gasteiger partial charge in [0.2, 0.25) is 0 Å². The fourth-order valence-corrected chi connectivity index (χ4v) is 7.30. The van der Waals surface area contributed by atoms with Crippen LogP contribution in [0.5, 0.6) is 6.01 Å². The summed E-state index contributed by atoms with van der Waals surface area (Å²) < 4.78 is 65.4. The first-order valence-electron chi connectivity index (χ1n) is 15.2. The lowest BCUT2D eigenvalue weighted by Gasteiger charge is -2.36. The number of rotatable bonds is 4. The Kier molecular flexibility index (Phi) is 7.82. The van der Waals surface area contributed by atoms with Crippen molar-refractivity contribution in [3.8, 4) is 17.4 Å². The number of aromatic nitrogens is 4. The molecule has 4 aliphatic rings. The highest BCUT2D eigenvalue weighted by Gasteiger charge is 2.45. The van der Waals surface area contributed by atoms with Crippen LogP contribution in [0.25, 0.3) is 22.3 Å². The van der Waals surface area contributed by atoms with Crippen molar-refractivity contribution in [2.45, 2.75) is 77.1 Å². The Morgan fingerprint density at radius 3 is 2.53 bits per heavy atom. The van der Waals surface area contributed by atoms with E-state index in [1.807, 2.05) is 13.8 Å². The lowest BCUT2D eigenvalue weighted by Crippen LogP contribution is -2.51. The Bertz CT molecular complexity index is 1520. The van der Waals surface area contributed by atoms with E-state index >= 15 is 4.39 Å². The van der Waals surface area contributed by atoms with Crippen molar-refractivity contribution >= 4 is 22.5 Å². The highest BCUT2D eigenvalue weighted by molar-refractivity contribution is 5.95. The van der Waals surface area contributed by atoms with Crippen LogP contribution in [0.1, 0.15) is 62.8 Å². The van der Waals surface area contributed by atoms with Gasteiger partial charge >= 0.3 is 12.2 Å². The molecule has 0 spiro atoms. The molecule has 3 fully saturated rings. The zero-order valence-electron chi connectivity index (χ0n) is 24.8. The summed E-state index contributed by atoms with van der Waals surface area (Å²) in [4.78, 5) is 22.3. The molecule has 9 nitrogen and oxygen atoms in total. The number of fused-ring (bicyclic) bond motifs is 3. The number of hydrogen-bond donors (Lipinski definition) is 2. The monoisotopic (exact) mass is 602 g/mol. The van der Waals surface area contributed by atoms with Crippen molar-refractivity contribution in [1.29, 1.82) is 0 Å². The predicted octanol–water partition coefficient (Wildman–Crippen LogP) is 4.89. The molecule has 7 rings (SSSR count). The summed E-state index contributed by atoms with van der Waals surface area (Å²) in [6.45, 7) is 9.78. The molecule has 3 aromatic heterocycles. The summed E-state index contributed by atoms with van der Waals surface area (Å²) in [6, 6.07) is 1.22. The molecule has 13 heteroatoms. The first-order chi connectivity index (χ1) is 20.6. The number of nitrogens with zero attached hydrogens (tertiary/aromatic N) is 6. The molecule has 43 heavy (non-hydrogen) atoms. The molecular weight excluding hydrogens is 564 g/mol. The van der Waals surface area contributed by atoms with Crippen molar-refractivity contribution in [2.75, 3.05) is 50.0 Å². The second-order valence-electron chi connectivity index (χ2n) is 11.7. The van der Waals surface area contributed by atoms with Gasteiger partial charge < -0.3 is 20.7 Å². The van der Waals surface area contributed by atoms with Crippen molar-refractivity contribution in [1.82, 2.24) is 30.2 Å². The van der Waals surface area contributed by atoms with Gasteiger partial charge in [0.05, 0.1) is 22.2 Å². The topological polar surface area (TPSA) is 105 Å². The SMILES string of the molecule is CC.Cc1cc(N)nc(-c2nc3c4c(nc(OCC56CCCN5CCC6)nc4c2F)N2CCNCC2CC3)c1C(F)(F)F. The van der Waals surface area contributed by atoms with Crippen LogP contribution in [0, 0.1) is 12.7 Å². The van der Waals surface area contributed by atoms with Gasteiger partial charge in [-0.05, 0) is 70.2 Å². The van der Waals surface area contributed by atoms with E-state index in [4.69, 9.17) is 15.5 Å². The number of nitrogen functional groups attached to an aromatic ring is 1. The molecule has 0 bridgehead atoms. The van der Waals surface area contributed by atoms with Crippen molar-refractivity contribution in [3.05, 3.63) is 28.7 Å². The number of halogens is 4. The van der Waals surface area contributed by atoms with E-state index in [1.165, 1.54) is 6.92 Å². The predicted molar refractivity (Wildman–Crippen MR) is 157 cm³/mol. The Morgan fingerprint density at radius 1 is 1.07 bits per heavy atom. The van der Waals surface area contributed by atoms with Crippen LogP contribution >= 0.6 is 0 Å². The maximum absolute atomic E-state index is 16.5. The number of hydrogen-bond acceptors (Lipinski definition) is 9. The highest BCUT2D eigenvalue weighted by Crippen LogP contribution is 2.43. The molecule has 3 N–H and O–H groups in total. The average Bonchev–Trinajstić information content (AvgIpc) is 3.52. The minimum atomic E-state index is -4.79. The van der Waals surface area contributed by atoms with Gasteiger partial charge in [-0.1, -0.05) is 13.8 Å². The first kappa shape index (κ1) is 29.7. The molecule has 0 amide bonds. The Hall–Kier alpha value is -3.32. The van der Waals surface area contributed by atoms with Gasteiger partial charge in [-0.2, -0.15) is 23.1 Å². The van der Waals surface area contributed by atoms with Gasteiger partial charge in [-0.15, -0.1) is 0 Å². The first-order valence-corrected chi connectivity index (χ1v) is 15.2. The quantitative estimate of drug-likeness (QED) is 0.404. The minimum Gasteiger partial charge on any atom is -0.461 e. The summed E-state index contributed by atoms with van der Waals surface area (Å²) in [5, 5.41) is 3.81. The second-order valence-corrected chi connectivity index (χ2v) is 11.7. The van der Waals surface area contributed by atoms with Crippen molar-refractivity contribution in [3.63, 3.8) is 0 Å². The van der Waals surface area contributed by atoms with E-state index < -0.39 is 28.9 Å². The number of anilines is 2. The standard InChI is InChI=1S/C28H32F4N8O.C2H6/c1-15-12-18(33)36-23(20(15)28(30,31)32)24-21(29)22-19-17(35-24)5-4-16-13-34-8-11-40(16)25(19)38-26(37-22)41-14-27-6-2-9-39(27)10-3-7-27;1-2/h12,16,34H,2-11,13-14H2,1H3,(H2,33,36);1-2H3. The zero-order chi connectivity index (χ0) is 30.5. The number of piperazine rings is 1. The van der Waals surface area contributed by atoms with Crippen LogP contribution in [0.2, 0.25) is 0 Å². The van der Waals surface area contributed by atoms with Gasteiger partial charge in [0.25, 0.3) is 0 Å². The third-order valence-electron chi connectivity index (χ3n) is 9.18. The van der Waals surface area contributed by atoms with Crippen LogP contribution in [0.3, 0.4) is 0 Å². The molecule has 7 heterocycles. The Balaban J connectivity index is 0.00000161. The lowest BCUT2D eigenvalue weighted by atomic mass is 9.95. The molecular formula is C30H38F4N8O. The van der Waals surface area contributed by atoms with Crippen LogP contribution in [-0.2, 0) is 12.6 Å². The van der Waals surface area contributed by atoms with Gasteiger partial charge in [-0.25, -0.2) is 14.4 Å². The summed E-state index contributed by atoms with van der Waals surface area (Å²) in [5.74, 6) is -0.623. The van der Waals surface area contributed by atoms with E-state index in [0.29, 0.717) is 49.4 Å². The number of pyridine rings is 2. The Labute approximate surface area is 248 Å². The number of nitrogens with one attached hydrogen (secondary N) is 1. The fourth-order valence-electron chi connectivity index (χ4n) is 7.30. The van der Waals surface area contributed by atoms with Crippen LogP contribution in [0.15, 0.2) is 6.07 Å². The lowest BCUT2D eigenvalue weighted by molar-refractivity contribution is -0.137. The molecule has 1 atom stereocenters. The molecule has 0 aromatic carbocycles. The average molecular weight is 603 g/mol. The number of ether oxygens (including phenoxy) is 1. The zero-order valence-corrected chi connectivity index (χ0v) is 24.8. The third-order valence-corrected chi connectivity index (χ3v) is 9.18. The fraction of sp³-hybridized carbons (Fsp3) is 0.600. The van der Waals surface area contributed by atoms with Crippen molar-refractivity contribution in [2.24, 2.45) is 0 Å². The van der Waals surface area contributed by atoms with E-state index in [0.717, 1.165) is 51.4 Å². The van der Waals surface area contributed by atoms with Crippen molar-refractivity contribution < 1.29 is 22.3 Å². The Morgan fingerprint density at radius 2 is 1.81 bits per heavy atom. The van der Waals surface area contributed by atoms with Crippen LogP contribution in [-0.4, -0.2) is 75.7 Å². The summed E-state index contributed by atoms with van der Waals surface area (Å²) in [5.41, 5.74) is 3.75. The van der Waals surface area contributed by atoms with E-state index in [9.17, 15) is 13.2 Å². The number of nitrogens with two attached hydrogens (primary N) is 1. The normalized spacial score (nSPS) is 21.2. The molecule has 0 aliphatic carbocycles. The molecule has 0 radical (unpaired) electrons. The largest absolute Gasteiger partial charge is 0.461 e. The highest BCUT2D eigenvalue weighted by atomic mass is 19.4. The second kappa shape index (κ2) is 11.3. The minimum absolute atomic E-state index is 0.0227. The van der Waals surface area contributed by atoms with Crippen LogP contribution < -0.4 is 20.7 Å². The van der Waals surface area contributed by atoms with E-state index in [2.05, 4.69) is 30.1 Å². The third kappa shape index (κ3) is 5.13. The number of alkyl halides is 3. The van der Waals surface area contributed by atoms with E-state index in [1.54, 1.807) is 0 Å². The van der Waals surface area contributed by atoms with E-state index in [-0.39, 0.29) is 34.5 Å². The summed E-state index contributed by atoms with van der Waals surface area (Å²) in [6.07, 6.45) is 0.515. The smallest absolute Gasteiger partial charge is 0.418 e. The van der Waals surface area contributed by atoms with Gasteiger partial charge in [0, 0.05) is 25.7 Å². The van der Waals surface area contributed by atoms with Gasteiger partial charge in [0.1, 0.15) is 35.1 Å².